The summed E-state index contributed by atoms with van der Waals surface area (Å²) >= 11 is 0. The lowest BCUT2D eigenvalue weighted by atomic mass is 9.93. The molecule has 9 nitrogen and oxygen atoms in total. The molecule has 1 saturated carbocycles. The number of unbranched alkanes of at least 4 members (excludes halogenated alkanes) is 1. The van der Waals surface area contributed by atoms with Gasteiger partial charge < -0.3 is 9.74 Å². The van der Waals surface area contributed by atoms with Crippen molar-refractivity contribution in [3.63, 3.8) is 0 Å². The lowest BCUT2D eigenvalue weighted by molar-refractivity contribution is -0.207. The number of piperidine rings is 1. The smallest absolute Gasteiger partial charge is 0.328 e. The van der Waals surface area contributed by atoms with Gasteiger partial charge in [0.1, 0.15) is 6.04 Å². The molecular weight excluding hydrogens is 390 g/mol. The number of amides is 4. The number of rotatable bonds is 6. The lowest BCUT2D eigenvalue weighted by Gasteiger charge is -2.30. The zero-order chi connectivity index (χ0) is 21.4. The highest BCUT2D eigenvalue weighted by Crippen LogP contribution is 2.44. The van der Waals surface area contributed by atoms with E-state index in [2.05, 4.69) is 6.08 Å². The molecule has 0 aromatic rings. The quantitative estimate of drug-likeness (QED) is 0.371. The van der Waals surface area contributed by atoms with Gasteiger partial charge in [-0.15, -0.1) is 5.06 Å². The molecule has 4 amide bonds. The highest BCUT2D eigenvalue weighted by molar-refractivity contribution is 5.96. The van der Waals surface area contributed by atoms with Crippen LogP contribution in [0.25, 0.3) is 0 Å². The first-order chi connectivity index (χ1) is 14.4. The molecule has 3 fully saturated rings. The summed E-state index contributed by atoms with van der Waals surface area (Å²) in [6.45, 7) is 4.07. The molecular formula is C21H29N3O6. The van der Waals surface area contributed by atoms with Crippen LogP contribution in [0.2, 0.25) is 0 Å². The van der Waals surface area contributed by atoms with E-state index in [1.54, 1.807) is 0 Å². The number of fused-ring (bicyclic) bond motifs is 4. The molecule has 0 aromatic heterocycles. The van der Waals surface area contributed by atoms with Gasteiger partial charge in [0.25, 0.3) is 11.8 Å². The average Bonchev–Trinajstić information content (AvgIpc) is 3.42. The highest BCUT2D eigenvalue weighted by atomic mass is 16.7. The van der Waals surface area contributed by atoms with Crippen LogP contribution in [0.15, 0.2) is 12.2 Å². The van der Waals surface area contributed by atoms with Crippen LogP contribution in [0.1, 0.15) is 52.4 Å². The zero-order valence-electron chi connectivity index (χ0n) is 17.5. The van der Waals surface area contributed by atoms with E-state index in [-0.39, 0.29) is 23.9 Å². The van der Waals surface area contributed by atoms with Gasteiger partial charge in [-0.1, -0.05) is 25.5 Å². The van der Waals surface area contributed by atoms with Gasteiger partial charge >= 0.3 is 12.0 Å². The van der Waals surface area contributed by atoms with Crippen molar-refractivity contribution >= 4 is 23.8 Å². The number of urea groups is 1. The number of nitrogens with zero attached hydrogens (tertiary/aromatic N) is 3. The Hall–Kier alpha value is -2.42. The summed E-state index contributed by atoms with van der Waals surface area (Å²) in [5, 5.41) is 1.96. The summed E-state index contributed by atoms with van der Waals surface area (Å²) < 4.78 is 0. The summed E-state index contributed by atoms with van der Waals surface area (Å²) in [6.07, 6.45) is 8.48. The zero-order valence-corrected chi connectivity index (χ0v) is 17.5. The second kappa shape index (κ2) is 8.37. The Morgan fingerprint density at radius 1 is 1.20 bits per heavy atom. The Morgan fingerprint density at radius 2 is 2.00 bits per heavy atom. The van der Waals surface area contributed by atoms with Gasteiger partial charge in [-0.2, -0.15) is 5.06 Å². The maximum absolute atomic E-state index is 12.9. The van der Waals surface area contributed by atoms with Crippen LogP contribution in [-0.2, 0) is 24.1 Å². The fraction of sp³-hybridized carbons (Fsp3) is 0.714. The van der Waals surface area contributed by atoms with Crippen molar-refractivity contribution in [3.8, 4) is 0 Å². The predicted molar refractivity (Wildman–Crippen MR) is 104 cm³/mol. The molecule has 0 aromatic carbocycles. The van der Waals surface area contributed by atoms with Gasteiger partial charge in [-0.3, -0.25) is 14.4 Å². The predicted octanol–water partition coefficient (Wildman–Crippen LogP) is 2.03. The monoisotopic (exact) mass is 419 g/mol. The number of allylic oxidation sites excluding steroid dienone is 2. The Balaban J connectivity index is 1.40. The third kappa shape index (κ3) is 3.71. The normalized spacial score (nSPS) is 31.4. The summed E-state index contributed by atoms with van der Waals surface area (Å²) in [4.78, 5) is 62.9. The third-order valence-corrected chi connectivity index (χ3v) is 6.59. The molecule has 2 heterocycles. The molecule has 4 rings (SSSR count). The van der Waals surface area contributed by atoms with E-state index < -0.39 is 23.8 Å². The van der Waals surface area contributed by atoms with Crippen molar-refractivity contribution in [3.05, 3.63) is 12.2 Å². The standard InChI is InChI=1S/C21H29N3O6/c1-3-4-9-29-24-16-7-8-18(22(12-16)21(24)28)20(27)30-23(13(2)25)19(26)17-11-14-5-6-15(17)10-14/h5-6,14-18H,3-4,7-12H2,1-2H3/t14-,15+,16-,17?,18-/m0/s1. The molecule has 5 atom stereocenters. The number of hydrogen-bond donors (Lipinski definition) is 0. The van der Waals surface area contributed by atoms with Crippen LogP contribution in [0.4, 0.5) is 4.79 Å². The van der Waals surface area contributed by atoms with E-state index >= 15 is 0 Å². The van der Waals surface area contributed by atoms with Crippen LogP contribution in [0, 0.1) is 17.8 Å². The summed E-state index contributed by atoms with van der Waals surface area (Å²) in [5.74, 6) is -1.76. The molecule has 0 radical (unpaired) electrons. The third-order valence-electron chi connectivity index (χ3n) is 6.59. The van der Waals surface area contributed by atoms with Crippen molar-refractivity contribution in [2.24, 2.45) is 17.8 Å². The first kappa shape index (κ1) is 20.8. The Morgan fingerprint density at radius 3 is 2.63 bits per heavy atom. The number of carbonyl (C=O) groups excluding carboxylic acids is 4. The number of hydrogen-bond acceptors (Lipinski definition) is 6. The maximum Gasteiger partial charge on any atom is 0.355 e. The molecule has 164 valence electrons. The fourth-order valence-corrected chi connectivity index (χ4v) is 4.98. The minimum atomic E-state index is -0.830. The second-order valence-electron chi connectivity index (χ2n) is 8.64. The SMILES string of the molecule is CCCCON1C(=O)N2C[C@@H]1CC[C@H]2C(=O)ON(C(C)=O)C(=O)C1C[C@H]2C=C[C@@H]1C2. The van der Waals surface area contributed by atoms with Crippen LogP contribution in [0.5, 0.6) is 0 Å². The topological polar surface area (TPSA) is 96.5 Å². The van der Waals surface area contributed by atoms with Crippen molar-refractivity contribution in [1.29, 1.82) is 0 Å². The van der Waals surface area contributed by atoms with E-state index in [0.29, 0.717) is 43.4 Å². The second-order valence-corrected chi connectivity index (χ2v) is 8.64. The largest absolute Gasteiger partial charge is 0.355 e. The molecule has 1 unspecified atom stereocenters. The first-order valence-electron chi connectivity index (χ1n) is 10.9. The summed E-state index contributed by atoms with van der Waals surface area (Å²) in [6, 6.07) is -1.29. The summed E-state index contributed by atoms with van der Waals surface area (Å²) in [7, 11) is 0. The van der Waals surface area contributed by atoms with E-state index in [4.69, 9.17) is 9.68 Å². The van der Waals surface area contributed by atoms with Crippen molar-refractivity contribution < 1.29 is 28.9 Å². The van der Waals surface area contributed by atoms with Crippen molar-refractivity contribution in [2.75, 3.05) is 13.2 Å². The lowest BCUT2D eigenvalue weighted by Crippen LogP contribution is -2.50. The van der Waals surface area contributed by atoms with E-state index in [1.807, 2.05) is 13.0 Å². The van der Waals surface area contributed by atoms with Crippen molar-refractivity contribution in [1.82, 2.24) is 15.0 Å². The molecule has 0 N–H and O–H groups in total. The van der Waals surface area contributed by atoms with Crippen LogP contribution in [0.3, 0.4) is 0 Å². The van der Waals surface area contributed by atoms with Gasteiger partial charge in [0.2, 0.25) is 0 Å². The van der Waals surface area contributed by atoms with Gasteiger partial charge in [-0.05, 0) is 43.9 Å². The van der Waals surface area contributed by atoms with Gasteiger partial charge in [0.05, 0.1) is 12.6 Å². The van der Waals surface area contributed by atoms with Gasteiger partial charge in [-0.25, -0.2) is 9.59 Å². The Bertz CT molecular complexity index is 768. The first-order valence-corrected chi connectivity index (χ1v) is 10.9. The van der Waals surface area contributed by atoms with E-state index in [9.17, 15) is 19.2 Å². The molecule has 30 heavy (non-hydrogen) atoms. The minimum Gasteiger partial charge on any atom is -0.328 e. The van der Waals surface area contributed by atoms with E-state index in [0.717, 1.165) is 19.3 Å². The molecule has 4 aliphatic rings. The molecule has 0 spiro atoms. The van der Waals surface area contributed by atoms with E-state index in [1.165, 1.54) is 16.9 Å². The molecule has 2 aliphatic carbocycles. The minimum absolute atomic E-state index is 0.0903. The number of imide groups is 1. The van der Waals surface area contributed by atoms with Gasteiger partial charge in [0, 0.05) is 19.4 Å². The maximum atomic E-state index is 12.9. The Labute approximate surface area is 175 Å². The Kier molecular flexibility index (Phi) is 5.81. The molecule has 4 bridgehead atoms. The average molecular weight is 419 g/mol. The van der Waals surface area contributed by atoms with Gasteiger partial charge in [0.15, 0.2) is 0 Å². The summed E-state index contributed by atoms with van der Waals surface area (Å²) in [5.41, 5.74) is 0. The molecule has 2 aliphatic heterocycles. The fourth-order valence-electron chi connectivity index (χ4n) is 4.98. The molecule has 9 heteroatoms. The van der Waals surface area contributed by atoms with Crippen LogP contribution >= 0.6 is 0 Å². The molecule has 2 saturated heterocycles. The van der Waals surface area contributed by atoms with Crippen LogP contribution in [-0.4, -0.2) is 64.1 Å². The van der Waals surface area contributed by atoms with Crippen molar-refractivity contribution in [2.45, 2.75) is 64.5 Å². The number of carbonyl (C=O) groups is 4. The van der Waals surface area contributed by atoms with Crippen LogP contribution < -0.4 is 0 Å². The highest BCUT2D eigenvalue weighted by Gasteiger charge is 2.50. The number of hydroxylamine groups is 4.